The number of nitrogens with one attached hydrogen (secondary N) is 1. The van der Waals surface area contributed by atoms with E-state index in [0.717, 1.165) is 11.3 Å². The number of likely N-dealkylation sites (N-methyl/N-ethyl adjacent to an activating group) is 1. The molecular formula is C17H22N4O3. The monoisotopic (exact) mass is 330 g/mol. The van der Waals surface area contributed by atoms with Crippen LogP contribution >= 0.6 is 0 Å². The Morgan fingerprint density at radius 1 is 1.29 bits per heavy atom. The molecule has 1 atom stereocenters. The number of para-hydroxylation sites is 1. The van der Waals surface area contributed by atoms with Crippen LogP contribution in [0, 0.1) is 6.92 Å². The summed E-state index contributed by atoms with van der Waals surface area (Å²) in [7, 11) is 3.27. The van der Waals surface area contributed by atoms with Crippen molar-refractivity contribution in [3.05, 3.63) is 42.1 Å². The minimum absolute atomic E-state index is 0.0586. The zero-order chi connectivity index (χ0) is 17.7. The standard InChI is InChI=1S/C17H22N4O3/c1-12-11-21(14-8-6-5-7-9-14)19-17(12)24-13(2)16(23)18-10-15(22)20(3)4/h5-9,11,13H,10H2,1-4H3,(H,18,23). The van der Waals surface area contributed by atoms with Gasteiger partial charge in [0, 0.05) is 25.9 Å². The normalized spacial score (nSPS) is 11.7. The van der Waals surface area contributed by atoms with Crippen molar-refractivity contribution in [2.45, 2.75) is 20.0 Å². The highest BCUT2D eigenvalue weighted by Gasteiger charge is 2.19. The Balaban J connectivity index is 1.99. The topological polar surface area (TPSA) is 76.5 Å². The summed E-state index contributed by atoms with van der Waals surface area (Å²) in [6.45, 7) is 3.43. The molecule has 1 heterocycles. The van der Waals surface area contributed by atoms with Gasteiger partial charge in [0.2, 0.25) is 11.8 Å². The lowest BCUT2D eigenvalue weighted by Gasteiger charge is -2.15. The van der Waals surface area contributed by atoms with E-state index in [2.05, 4.69) is 10.4 Å². The number of carbonyl (C=O) groups excluding carboxylic acids is 2. The van der Waals surface area contributed by atoms with Crippen molar-refractivity contribution in [3.8, 4) is 11.6 Å². The third kappa shape index (κ3) is 4.34. The number of aryl methyl sites for hydroxylation is 1. The van der Waals surface area contributed by atoms with E-state index in [0.29, 0.717) is 5.88 Å². The first-order chi connectivity index (χ1) is 11.4. The summed E-state index contributed by atoms with van der Waals surface area (Å²) in [5.41, 5.74) is 1.73. The van der Waals surface area contributed by atoms with Gasteiger partial charge < -0.3 is 15.0 Å². The first-order valence-electron chi connectivity index (χ1n) is 7.64. The first kappa shape index (κ1) is 17.5. The van der Waals surface area contributed by atoms with Crippen LogP contribution in [-0.4, -0.2) is 53.2 Å². The minimum Gasteiger partial charge on any atom is -0.463 e. The lowest BCUT2D eigenvalue weighted by atomic mass is 10.3. The molecule has 0 bridgehead atoms. The lowest BCUT2D eigenvalue weighted by Crippen LogP contribution is -2.42. The van der Waals surface area contributed by atoms with Gasteiger partial charge in [0.15, 0.2) is 6.10 Å². The van der Waals surface area contributed by atoms with Crippen LogP contribution in [-0.2, 0) is 9.59 Å². The molecule has 128 valence electrons. The van der Waals surface area contributed by atoms with E-state index in [1.165, 1.54) is 4.90 Å². The van der Waals surface area contributed by atoms with E-state index in [4.69, 9.17) is 4.74 Å². The van der Waals surface area contributed by atoms with Crippen molar-refractivity contribution in [3.63, 3.8) is 0 Å². The lowest BCUT2D eigenvalue weighted by molar-refractivity contribution is -0.133. The molecule has 24 heavy (non-hydrogen) atoms. The van der Waals surface area contributed by atoms with Crippen LogP contribution < -0.4 is 10.1 Å². The number of amides is 2. The van der Waals surface area contributed by atoms with Crippen LogP contribution in [0.15, 0.2) is 36.5 Å². The molecule has 0 aliphatic carbocycles. The molecule has 0 radical (unpaired) electrons. The second kappa shape index (κ2) is 7.63. The number of hydrogen-bond acceptors (Lipinski definition) is 4. The van der Waals surface area contributed by atoms with Gasteiger partial charge in [-0.1, -0.05) is 18.2 Å². The van der Waals surface area contributed by atoms with Crippen LogP contribution in [0.1, 0.15) is 12.5 Å². The number of nitrogens with zero attached hydrogens (tertiary/aromatic N) is 3. The zero-order valence-corrected chi connectivity index (χ0v) is 14.3. The Kier molecular flexibility index (Phi) is 5.57. The maximum atomic E-state index is 12.0. The Hall–Kier alpha value is -2.83. The molecule has 0 saturated heterocycles. The molecule has 2 aromatic rings. The van der Waals surface area contributed by atoms with Gasteiger partial charge in [0.25, 0.3) is 5.91 Å². The highest BCUT2D eigenvalue weighted by atomic mass is 16.5. The molecular weight excluding hydrogens is 308 g/mol. The maximum absolute atomic E-state index is 12.0. The average molecular weight is 330 g/mol. The highest BCUT2D eigenvalue weighted by Crippen LogP contribution is 2.19. The molecule has 2 amide bonds. The summed E-state index contributed by atoms with van der Waals surface area (Å²) < 4.78 is 7.33. The summed E-state index contributed by atoms with van der Waals surface area (Å²) in [6.07, 6.45) is 1.09. The largest absolute Gasteiger partial charge is 0.463 e. The molecule has 0 aliphatic rings. The van der Waals surface area contributed by atoms with Crippen molar-refractivity contribution >= 4 is 11.8 Å². The smallest absolute Gasteiger partial charge is 0.261 e. The Morgan fingerprint density at radius 2 is 1.96 bits per heavy atom. The third-order valence-electron chi connectivity index (χ3n) is 3.44. The average Bonchev–Trinajstić information content (AvgIpc) is 2.93. The van der Waals surface area contributed by atoms with E-state index < -0.39 is 6.10 Å². The van der Waals surface area contributed by atoms with Gasteiger partial charge in [0.1, 0.15) is 0 Å². The molecule has 7 nitrogen and oxygen atoms in total. The number of aromatic nitrogens is 2. The summed E-state index contributed by atoms with van der Waals surface area (Å²) in [6, 6.07) is 9.63. The molecule has 1 N–H and O–H groups in total. The molecule has 0 spiro atoms. The van der Waals surface area contributed by atoms with E-state index in [9.17, 15) is 9.59 Å². The van der Waals surface area contributed by atoms with Crippen LogP contribution in [0.2, 0.25) is 0 Å². The molecule has 0 aliphatic heterocycles. The van der Waals surface area contributed by atoms with Crippen molar-refractivity contribution in [1.29, 1.82) is 0 Å². The number of hydrogen-bond donors (Lipinski definition) is 1. The predicted molar refractivity (Wildman–Crippen MR) is 90.1 cm³/mol. The number of benzene rings is 1. The van der Waals surface area contributed by atoms with Gasteiger partial charge in [-0.05, 0) is 26.0 Å². The summed E-state index contributed by atoms with van der Waals surface area (Å²) >= 11 is 0. The zero-order valence-electron chi connectivity index (χ0n) is 14.3. The molecule has 0 saturated carbocycles. The fourth-order valence-electron chi connectivity index (χ4n) is 1.96. The van der Waals surface area contributed by atoms with Crippen molar-refractivity contribution in [2.75, 3.05) is 20.6 Å². The van der Waals surface area contributed by atoms with E-state index in [1.807, 2.05) is 43.5 Å². The summed E-state index contributed by atoms with van der Waals surface area (Å²) in [5.74, 6) is -0.153. The van der Waals surface area contributed by atoms with Gasteiger partial charge in [-0.3, -0.25) is 9.59 Å². The first-order valence-corrected chi connectivity index (χ1v) is 7.64. The number of rotatable bonds is 6. The summed E-state index contributed by atoms with van der Waals surface area (Å²) in [4.78, 5) is 24.9. The van der Waals surface area contributed by atoms with Crippen LogP contribution in [0.5, 0.6) is 5.88 Å². The Morgan fingerprint density at radius 3 is 2.58 bits per heavy atom. The van der Waals surface area contributed by atoms with Crippen LogP contribution in [0.25, 0.3) is 5.69 Å². The molecule has 1 aromatic heterocycles. The van der Waals surface area contributed by atoms with Gasteiger partial charge in [-0.25, -0.2) is 4.68 Å². The van der Waals surface area contributed by atoms with Gasteiger partial charge in [-0.2, -0.15) is 0 Å². The Bertz CT molecular complexity index is 710. The SMILES string of the molecule is Cc1cn(-c2ccccc2)nc1OC(C)C(=O)NCC(=O)N(C)C. The van der Waals surface area contributed by atoms with Crippen molar-refractivity contribution < 1.29 is 14.3 Å². The fourth-order valence-corrected chi connectivity index (χ4v) is 1.96. The highest BCUT2D eigenvalue weighted by molar-refractivity contribution is 5.86. The molecule has 7 heteroatoms. The van der Waals surface area contributed by atoms with Crippen LogP contribution in [0.3, 0.4) is 0 Å². The molecule has 2 rings (SSSR count). The van der Waals surface area contributed by atoms with Crippen molar-refractivity contribution in [1.82, 2.24) is 20.0 Å². The second-order valence-corrected chi connectivity index (χ2v) is 5.66. The minimum atomic E-state index is -0.752. The van der Waals surface area contributed by atoms with Crippen molar-refractivity contribution in [2.24, 2.45) is 0 Å². The predicted octanol–water partition coefficient (Wildman–Crippen LogP) is 1.15. The molecule has 1 aromatic carbocycles. The Labute approximate surface area is 141 Å². The summed E-state index contributed by atoms with van der Waals surface area (Å²) in [5, 5.41) is 6.92. The molecule has 1 unspecified atom stereocenters. The fraction of sp³-hybridized carbons (Fsp3) is 0.353. The van der Waals surface area contributed by atoms with E-state index in [-0.39, 0.29) is 18.4 Å². The maximum Gasteiger partial charge on any atom is 0.261 e. The van der Waals surface area contributed by atoms with Gasteiger partial charge in [0.05, 0.1) is 12.2 Å². The van der Waals surface area contributed by atoms with Crippen LogP contribution in [0.4, 0.5) is 0 Å². The van der Waals surface area contributed by atoms with Gasteiger partial charge >= 0.3 is 0 Å². The van der Waals surface area contributed by atoms with Gasteiger partial charge in [-0.15, -0.1) is 5.10 Å². The van der Waals surface area contributed by atoms with E-state index in [1.54, 1.807) is 25.7 Å². The third-order valence-corrected chi connectivity index (χ3v) is 3.44. The second-order valence-electron chi connectivity index (χ2n) is 5.66. The quantitative estimate of drug-likeness (QED) is 0.862. The number of ether oxygens (including phenoxy) is 1. The number of carbonyl (C=O) groups is 2. The van der Waals surface area contributed by atoms with E-state index >= 15 is 0 Å². The molecule has 0 fully saturated rings.